The van der Waals surface area contributed by atoms with Crippen molar-refractivity contribution in [3.05, 3.63) is 0 Å². The highest BCUT2D eigenvalue weighted by atomic mass is 16.4. The smallest absolute Gasteiger partial charge is 0.303 e. The second kappa shape index (κ2) is 5.93. The van der Waals surface area contributed by atoms with Crippen LogP contribution in [-0.4, -0.2) is 35.0 Å². The predicted molar refractivity (Wildman–Crippen MR) is 72.7 cm³/mol. The number of carbonyl (C=O) groups is 2. The van der Waals surface area contributed by atoms with Crippen LogP contribution in [0, 0.1) is 11.3 Å². The maximum atomic E-state index is 12.6. The summed E-state index contributed by atoms with van der Waals surface area (Å²) in [5.74, 6) is -0.0171. The Bertz CT molecular complexity index is 344. The summed E-state index contributed by atoms with van der Waals surface area (Å²) >= 11 is 0. The van der Waals surface area contributed by atoms with E-state index < -0.39 is 5.97 Å². The van der Waals surface area contributed by atoms with E-state index in [2.05, 4.69) is 6.92 Å². The molecule has 1 N–H and O–H groups in total. The van der Waals surface area contributed by atoms with Crippen LogP contribution in [0.5, 0.6) is 0 Å². The van der Waals surface area contributed by atoms with Crippen LogP contribution >= 0.6 is 0 Å². The monoisotopic (exact) mass is 267 g/mol. The average molecular weight is 267 g/mol. The number of hydrogen-bond acceptors (Lipinski definition) is 2. The lowest BCUT2D eigenvalue weighted by Gasteiger charge is -2.45. The molecule has 1 saturated carbocycles. The van der Waals surface area contributed by atoms with Crippen LogP contribution in [0.1, 0.15) is 58.3 Å². The van der Waals surface area contributed by atoms with Gasteiger partial charge < -0.3 is 10.0 Å². The number of nitrogens with zero attached hydrogens (tertiary/aromatic N) is 1. The minimum atomic E-state index is -0.729. The molecule has 4 heteroatoms. The molecule has 0 unspecified atom stereocenters. The molecule has 1 saturated heterocycles. The number of amides is 1. The minimum Gasteiger partial charge on any atom is -0.481 e. The highest BCUT2D eigenvalue weighted by molar-refractivity contribution is 5.83. The predicted octanol–water partition coefficient (Wildman–Crippen LogP) is 2.67. The Morgan fingerprint density at radius 3 is 2.58 bits per heavy atom. The maximum Gasteiger partial charge on any atom is 0.303 e. The number of carbonyl (C=O) groups excluding carboxylic acids is 1. The fourth-order valence-electron chi connectivity index (χ4n) is 3.47. The molecule has 0 aromatic heterocycles. The molecular weight excluding hydrogens is 242 g/mol. The van der Waals surface area contributed by atoms with E-state index in [0.29, 0.717) is 18.2 Å². The molecule has 1 amide bonds. The van der Waals surface area contributed by atoms with E-state index in [1.54, 1.807) is 0 Å². The van der Waals surface area contributed by atoms with Crippen molar-refractivity contribution in [3.8, 4) is 0 Å². The van der Waals surface area contributed by atoms with Crippen LogP contribution in [0.25, 0.3) is 0 Å². The Kier molecular flexibility index (Phi) is 4.48. The summed E-state index contributed by atoms with van der Waals surface area (Å²) in [6.07, 6.45) is 7.23. The lowest BCUT2D eigenvalue weighted by atomic mass is 9.66. The molecule has 0 aromatic carbocycles. The molecule has 2 fully saturated rings. The largest absolute Gasteiger partial charge is 0.481 e. The summed E-state index contributed by atoms with van der Waals surface area (Å²) in [5, 5.41) is 8.75. The summed E-state index contributed by atoms with van der Waals surface area (Å²) in [4.78, 5) is 25.3. The van der Waals surface area contributed by atoms with Crippen LogP contribution in [0.3, 0.4) is 0 Å². The van der Waals surface area contributed by atoms with Gasteiger partial charge >= 0.3 is 5.97 Å². The van der Waals surface area contributed by atoms with Crippen molar-refractivity contribution >= 4 is 11.9 Å². The SMILES string of the molecule is CCC1(C(=O)N2CCC[C@H](CCC(=O)O)C2)CCC1. The fourth-order valence-corrected chi connectivity index (χ4v) is 3.47. The Balaban J connectivity index is 1.89. The van der Waals surface area contributed by atoms with Gasteiger partial charge in [0, 0.05) is 24.9 Å². The van der Waals surface area contributed by atoms with Crippen LogP contribution < -0.4 is 0 Å². The summed E-state index contributed by atoms with van der Waals surface area (Å²) < 4.78 is 0. The quantitative estimate of drug-likeness (QED) is 0.833. The van der Waals surface area contributed by atoms with E-state index >= 15 is 0 Å². The van der Waals surface area contributed by atoms with Crippen LogP contribution in [0.15, 0.2) is 0 Å². The van der Waals surface area contributed by atoms with E-state index in [0.717, 1.165) is 45.2 Å². The molecular formula is C15H25NO3. The first-order valence-corrected chi connectivity index (χ1v) is 7.58. The van der Waals surface area contributed by atoms with Crippen LogP contribution in [0.2, 0.25) is 0 Å². The fraction of sp³-hybridized carbons (Fsp3) is 0.867. The van der Waals surface area contributed by atoms with Crippen LogP contribution in [-0.2, 0) is 9.59 Å². The van der Waals surface area contributed by atoms with E-state index in [4.69, 9.17) is 5.11 Å². The Morgan fingerprint density at radius 2 is 2.05 bits per heavy atom. The molecule has 1 atom stereocenters. The molecule has 1 aliphatic heterocycles. The lowest BCUT2D eigenvalue weighted by Crippen LogP contribution is -2.50. The third-order valence-electron chi connectivity index (χ3n) is 5.01. The molecule has 0 radical (unpaired) electrons. The molecule has 4 nitrogen and oxygen atoms in total. The van der Waals surface area contributed by atoms with Crippen molar-refractivity contribution in [2.75, 3.05) is 13.1 Å². The first-order chi connectivity index (χ1) is 9.07. The number of rotatable bonds is 5. The third-order valence-corrected chi connectivity index (χ3v) is 5.01. The molecule has 1 heterocycles. The zero-order valence-electron chi connectivity index (χ0n) is 11.9. The summed E-state index contributed by atoms with van der Waals surface area (Å²) in [6, 6.07) is 0. The van der Waals surface area contributed by atoms with Gasteiger partial charge in [-0.25, -0.2) is 0 Å². The molecule has 2 aliphatic rings. The van der Waals surface area contributed by atoms with Gasteiger partial charge in [0.25, 0.3) is 0 Å². The van der Waals surface area contributed by atoms with Gasteiger partial charge in [0.05, 0.1) is 0 Å². The summed E-state index contributed by atoms with van der Waals surface area (Å²) in [5.41, 5.74) is -0.0747. The van der Waals surface area contributed by atoms with Gasteiger partial charge in [0.1, 0.15) is 0 Å². The van der Waals surface area contributed by atoms with E-state index in [9.17, 15) is 9.59 Å². The highest BCUT2D eigenvalue weighted by Gasteiger charge is 2.45. The van der Waals surface area contributed by atoms with Gasteiger partial charge in [-0.3, -0.25) is 9.59 Å². The Labute approximate surface area is 115 Å². The third kappa shape index (κ3) is 3.10. The molecule has 19 heavy (non-hydrogen) atoms. The zero-order chi connectivity index (χ0) is 13.9. The highest BCUT2D eigenvalue weighted by Crippen LogP contribution is 2.45. The number of likely N-dealkylation sites (tertiary alicyclic amines) is 1. The Morgan fingerprint density at radius 1 is 1.32 bits per heavy atom. The van der Waals surface area contributed by atoms with E-state index in [1.165, 1.54) is 6.42 Å². The van der Waals surface area contributed by atoms with Crippen molar-refractivity contribution in [1.82, 2.24) is 4.90 Å². The first kappa shape index (κ1) is 14.4. The van der Waals surface area contributed by atoms with E-state index in [1.807, 2.05) is 4.90 Å². The molecule has 0 spiro atoms. The number of piperidine rings is 1. The maximum absolute atomic E-state index is 12.6. The van der Waals surface area contributed by atoms with Gasteiger partial charge in [0.15, 0.2) is 0 Å². The summed E-state index contributed by atoms with van der Waals surface area (Å²) in [6.45, 7) is 3.75. The summed E-state index contributed by atoms with van der Waals surface area (Å²) in [7, 11) is 0. The number of carboxylic acid groups (broad SMARTS) is 1. The first-order valence-electron chi connectivity index (χ1n) is 7.58. The van der Waals surface area contributed by atoms with Crippen molar-refractivity contribution in [2.45, 2.75) is 58.3 Å². The average Bonchev–Trinajstić information content (AvgIpc) is 2.36. The molecule has 2 rings (SSSR count). The molecule has 1 aliphatic carbocycles. The number of aliphatic carboxylic acids is 1. The molecule has 0 aromatic rings. The Hall–Kier alpha value is -1.06. The minimum absolute atomic E-state index is 0.0747. The molecule has 0 bridgehead atoms. The van der Waals surface area contributed by atoms with Crippen molar-refractivity contribution < 1.29 is 14.7 Å². The lowest BCUT2D eigenvalue weighted by molar-refractivity contribution is -0.149. The second-order valence-electron chi connectivity index (χ2n) is 6.18. The van der Waals surface area contributed by atoms with Crippen molar-refractivity contribution in [2.24, 2.45) is 11.3 Å². The van der Waals surface area contributed by atoms with Gasteiger partial charge in [-0.05, 0) is 44.4 Å². The van der Waals surface area contributed by atoms with Gasteiger partial charge in [-0.2, -0.15) is 0 Å². The van der Waals surface area contributed by atoms with Gasteiger partial charge in [-0.1, -0.05) is 13.3 Å². The van der Waals surface area contributed by atoms with Gasteiger partial charge in [-0.15, -0.1) is 0 Å². The van der Waals surface area contributed by atoms with Crippen molar-refractivity contribution in [1.29, 1.82) is 0 Å². The topological polar surface area (TPSA) is 57.6 Å². The van der Waals surface area contributed by atoms with Crippen molar-refractivity contribution in [3.63, 3.8) is 0 Å². The van der Waals surface area contributed by atoms with Crippen LogP contribution in [0.4, 0.5) is 0 Å². The normalized spacial score (nSPS) is 25.7. The zero-order valence-corrected chi connectivity index (χ0v) is 11.9. The van der Waals surface area contributed by atoms with Gasteiger partial charge in [0.2, 0.25) is 5.91 Å². The van der Waals surface area contributed by atoms with E-state index in [-0.39, 0.29) is 11.8 Å². The number of hydrogen-bond donors (Lipinski definition) is 1. The number of carboxylic acids is 1. The molecule has 108 valence electrons. The second-order valence-corrected chi connectivity index (χ2v) is 6.18. The standard InChI is InChI=1S/C15H25NO3/c1-2-15(8-4-9-15)14(19)16-10-3-5-12(11-16)6-7-13(17)18/h12H,2-11H2,1H3,(H,17,18)/t12-/m1/s1.